The van der Waals surface area contributed by atoms with Gasteiger partial charge in [-0.3, -0.25) is 19.4 Å². The second-order valence-electron chi connectivity index (χ2n) is 7.68. The van der Waals surface area contributed by atoms with Crippen molar-refractivity contribution in [1.29, 1.82) is 0 Å². The number of carbonyl (C=O) groups is 1. The molecule has 31 heavy (non-hydrogen) atoms. The minimum Gasteiger partial charge on any atom is -0.330 e. The Morgan fingerprint density at radius 3 is 2.48 bits per heavy atom. The Kier molecular flexibility index (Phi) is 4.50. The fourth-order valence-electron chi connectivity index (χ4n) is 4.34. The SMILES string of the molecule is C[C@H]1c2nn(C)c(-c3cc(F)cc(F)c3)c2CCN1C(=O)c1ccc2nccnc2c1. The first-order valence-electron chi connectivity index (χ1n) is 9.96. The van der Waals surface area contributed by atoms with Crippen LogP contribution in [0.2, 0.25) is 0 Å². The molecule has 0 saturated heterocycles. The molecule has 4 aromatic rings. The van der Waals surface area contributed by atoms with Crippen LogP contribution in [0.15, 0.2) is 48.8 Å². The summed E-state index contributed by atoms with van der Waals surface area (Å²) in [7, 11) is 1.75. The number of benzene rings is 2. The molecule has 0 aliphatic carbocycles. The molecule has 0 bridgehead atoms. The standard InChI is InChI=1S/C23H19F2N5O/c1-13-21-18(22(29(2)28-21)15-9-16(24)12-17(25)10-15)5-8-30(13)23(31)14-3-4-19-20(11-14)27-7-6-26-19/h3-4,6-7,9-13H,5,8H2,1-2H3/t13-/m0/s1. The van der Waals surface area contributed by atoms with Crippen LogP contribution in [0.4, 0.5) is 8.78 Å². The highest BCUT2D eigenvalue weighted by atomic mass is 19.1. The Balaban J connectivity index is 1.50. The largest absolute Gasteiger partial charge is 0.330 e. The molecule has 0 saturated carbocycles. The lowest BCUT2D eigenvalue weighted by atomic mass is 9.95. The van der Waals surface area contributed by atoms with Gasteiger partial charge in [-0.05, 0) is 43.7 Å². The third-order valence-corrected chi connectivity index (χ3v) is 5.76. The molecule has 156 valence electrons. The summed E-state index contributed by atoms with van der Waals surface area (Å²) in [6.45, 7) is 2.39. The number of amides is 1. The van der Waals surface area contributed by atoms with Crippen LogP contribution in [0.5, 0.6) is 0 Å². The van der Waals surface area contributed by atoms with Gasteiger partial charge in [-0.1, -0.05) is 0 Å². The van der Waals surface area contributed by atoms with E-state index in [2.05, 4.69) is 15.1 Å². The lowest BCUT2D eigenvalue weighted by Crippen LogP contribution is -2.38. The average Bonchev–Trinajstić information content (AvgIpc) is 3.09. The van der Waals surface area contributed by atoms with Gasteiger partial charge in [0.25, 0.3) is 5.91 Å². The van der Waals surface area contributed by atoms with Crippen LogP contribution in [0.3, 0.4) is 0 Å². The lowest BCUT2D eigenvalue weighted by molar-refractivity contribution is 0.0674. The van der Waals surface area contributed by atoms with Gasteiger partial charge < -0.3 is 4.90 Å². The van der Waals surface area contributed by atoms with Gasteiger partial charge in [-0.25, -0.2) is 8.78 Å². The number of aryl methyl sites for hydroxylation is 1. The molecule has 1 aliphatic rings. The van der Waals surface area contributed by atoms with Crippen LogP contribution >= 0.6 is 0 Å². The van der Waals surface area contributed by atoms with Gasteiger partial charge in [0.1, 0.15) is 11.6 Å². The third kappa shape index (κ3) is 3.24. The van der Waals surface area contributed by atoms with Gasteiger partial charge >= 0.3 is 0 Å². The van der Waals surface area contributed by atoms with Crippen LogP contribution in [0.1, 0.15) is 34.6 Å². The highest BCUT2D eigenvalue weighted by Gasteiger charge is 2.33. The average molecular weight is 419 g/mol. The van der Waals surface area contributed by atoms with Crippen LogP contribution < -0.4 is 0 Å². The molecule has 3 heterocycles. The molecule has 0 N–H and O–H groups in total. The van der Waals surface area contributed by atoms with E-state index in [4.69, 9.17) is 0 Å². The van der Waals surface area contributed by atoms with Crippen molar-refractivity contribution in [1.82, 2.24) is 24.6 Å². The van der Waals surface area contributed by atoms with E-state index in [1.54, 1.807) is 47.2 Å². The van der Waals surface area contributed by atoms with Crippen LogP contribution in [0.25, 0.3) is 22.3 Å². The van der Waals surface area contributed by atoms with Crippen molar-refractivity contribution in [3.63, 3.8) is 0 Å². The minimum absolute atomic E-state index is 0.116. The van der Waals surface area contributed by atoms with Crippen molar-refractivity contribution >= 4 is 16.9 Å². The molecule has 1 atom stereocenters. The van der Waals surface area contributed by atoms with Gasteiger partial charge in [-0.2, -0.15) is 5.10 Å². The Labute approximate surface area is 177 Å². The van der Waals surface area contributed by atoms with Crippen molar-refractivity contribution in [2.45, 2.75) is 19.4 Å². The lowest BCUT2D eigenvalue weighted by Gasteiger charge is -2.33. The zero-order chi connectivity index (χ0) is 21.7. The van der Waals surface area contributed by atoms with Crippen molar-refractivity contribution in [3.05, 3.63) is 77.2 Å². The molecule has 1 amide bonds. The van der Waals surface area contributed by atoms with Crippen molar-refractivity contribution < 1.29 is 13.6 Å². The first-order valence-corrected chi connectivity index (χ1v) is 9.96. The fraction of sp³-hybridized carbons (Fsp3) is 0.217. The van der Waals surface area contributed by atoms with Crippen LogP contribution in [0, 0.1) is 11.6 Å². The Morgan fingerprint density at radius 1 is 1.03 bits per heavy atom. The van der Waals surface area contributed by atoms with Gasteiger partial charge in [0.05, 0.1) is 28.5 Å². The van der Waals surface area contributed by atoms with Crippen molar-refractivity contribution in [3.8, 4) is 11.3 Å². The van der Waals surface area contributed by atoms with E-state index < -0.39 is 11.6 Å². The number of nitrogens with zero attached hydrogens (tertiary/aromatic N) is 5. The second kappa shape index (κ2) is 7.23. The normalized spacial score (nSPS) is 15.9. The monoisotopic (exact) mass is 419 g/mol. The summed E-state index contributed by atoms with van der Waals surface area (Å²) in [5, 5.41) is 4.60. The number of hydrogen-bond acceptors (Lipinski definition) is 4. The summed E-state index contributed by atoms with van der Waals surface area (Å²) in [5.74, 6) is -1.38. The molecule has 0 radical (unpaired) electrons. The van der Waals surface area contributed by atoms with Crippen molar-refractivity contribution in [2.75, 3.05) is 6.54 Å². The number of rotatable bonds is 2. The van der Waals surface area contributed by atoms with E-state index in [9.17, 15) is 13.6 Å². The molecular formula is C23H19F2N5O. The van der Waals surface area contributed by atoms with Gasteiger partial charge in [0.2, 0.25) is 0 Å². The molecular weight excluding hydrogens is 400 g/mol. The number of fused-ring (bicyclic) bond motifs is 2. The maximum Gasteiger partial charge on any atom is 0.254 e. The summed E-state index contributed by atoms with van der Waals surface area (Å²) in [6, 6.07) is 8.45. The zero-order valence-corrected chi connectivity index (χ0v) is 17.0. The Morgan fingerprint density at radius 2 is 1.74 bits per heavy atom. The summed E-state index contributed by atoms with van der Waals surface area (Å²) in [6.07, 6.45) is 3.75. The summed E-state index contributed by atoms with van der Waals surface area (Å²) in [4.78, 5) is 23.5. The summed E-state index contributed by atoms with van der Waals surface area (Å²) < 4.78 is 29.2. The van der Waals surface area contributed by atoms with E-state index in [1.165, 1.54) is 12.1 Å². The topological polar surface area (TPSA) is 63.9 Å². The van der Waals surface area contributed by atoms with E-state index >= 15 is 0 Å². The molecule has 6 nitrogen and oxygen atoms in total. The third-order valence-electron chi connectivity index (χ3n) is 5.76. The van der Waals surface area contributed by atoms with E-state index in [1.807, 2.05) is 6.92 Å². The Bertz CT molecular complexity index is 1310. The summed E-state index contributed by atoms with van der Waals surface area (Å²) in [5.41, 5.74) is 4.68. The number of carbonyl (C=O) groups excluding carboxylic acids is 1. The molecule has 0 fully saturated rings. The molecule has 0 spiro atoms. The fourth-order valence-corrected chi connectivity index (χ4v) is 4.34. The molecule has 0 unspecified atom stereocenters. The van der Waals surface area contributed by atoms with Gasteiger partial charge in [0, 0.05) is 48.7 Å². The van der Waals surface area contributed by atoms with Crippen molar-refractivity contribution in [2.24, 2.45) is 7.05 Å². The highest BCUT2D eigenvalue weighted by Crippen LogP contribution is 2.36. The molecule has 2 aromatic heterocycles. The first kappa shape index (κ1) is 19.3. The van der Waals surface area contributed by atoms with Gasteiger partial charge in [0.15, 0.2) is 0 Å². The second-order valence-corrected chi connectivity index (χ2v) is 7.68. The molecule has 8 heteroatoms. The summed E-state index contributed by atoms with van der Waals surface area (Å²) >= 11 is 0. The highest BCUT2D eigenvalue weighted by molar-refractivity contribution is 5.97. The number of aromatic nitrogens is 4. The maximum absolute atomic E-state index is 13.8. The van der Waals surface area contributed by atoms with E-state index in [0.29, 0.717) is 35.3 Å². The predicted molar refractivity (Wildman–Crippen MR) is 111 cm³/mol. The zero-order valence-electron chi connectivity index (χ0n) is 17.0. The minimum atomic E-state index is -0.634. The number of halogens is 2. The van der Waals surface area contributed by atoms with Crippen LogP contribution in [-0.4, -0.2) is 37.1 Å². The molecule has 5 rings (SSSR count). The predicted octanol–water partition coefficient (Wildman–Crippen LogP) is 4.07. The number of hydrogen-bond donors (Lipinski definition) is 0. The first-order chi connectivity index (χ1) is 14.9. The van der Waals surface area contributed by atoms with Crippen LogP contribution in [-0.2, 0) is 13.5 Å². The maximum atomic E-state index is 13.8. The quantitative estimate of drug-likeness (QED) is 0.491. The van der Waals surface area contributed by atoms with E-state index in [-0.39, 0.29) is 11.9 Å². The molecule has 2 aromatic carbocycles. The molecule has 1 aliphatic heterocycles. The Hall–Kier alpha value is -3.68. The smallest absolute Gasteiger partial charge is 0.254 e. The van der Waals surface area contributed by atoms with Gasteiger partial charge in [-0.15, -0.1) is 0 Å². The van der Waals surface area contributed by atoms with E-state index in [0.717, 1.165) is 22.8 Å².